The first-order chi connectivity index (χ1) is 7.50. The number of rotatable bonds is 1. The number of phenolic OH excluding ortho intramolecular Hbond substituents is 1. The van der Waals surface area contributed by atoms with Crippen molar-refractivity contribution < 1.29 is 5.11 Å². The molecule has 0 saturated carbocycles. The number of phenols is 1. The van der Waals surface area contributed by atoms with Gasteiger partial charge in [0.2, 0.25) is 0 Å². The third-order valence-electron chi connectivity index (χ3n) is 2.97. The maximum Gasteiger partial charge on any atom is 0.116 e. The first-order valence-electron chi connectivity index (χ1n) is 5.46. The van der Waals surface area contributed by atoms with Crippen LogP contribution in [0.1, 0.15) is 22.5 Å². The van der Waals surface area contributed by atoms with Gasteiger partial charge in [0.05, 0.1) is 5.69 Å². The van der Waals surface area contributed by atoms with E-state index in [1.54, 1.807) is 12.1 Å². The lowest BCUT2D eigenvalue weighted by Gasteiger charge is -2.16. The maximum atomic E-state index is 9.55. The Morgan fingerprint density at radius 2 is 1.31 bits per heavy atom. The molecule has 1 N–H and O–H groups in total. The molecule has 2 aromatic rings. The molecule has 0 atom stereocenters. The van der Waals surface area contributed by atoms with Crippen molar-refractivity contribution in [2.24, 2.45) is 0 Å². The summed E-state index contributed by atoms with van der Waals surface area (Å²) in [6.45, 7) is 8.25. The highest BCUT2D eigenvalue weighted by molar-refractivity contribution is 5.53. The fraction of sp³-hybridized carbons (Fsp3) is 0.286. The average molecular weight is 215 g/mol. The predicted octanol–water partition coefficient (Wildman–Crippen LogP) is 3.42. The summed E-state index contributed by atoms with van der Waals surface area (Å²) in [5.74, 6) is 0.334. The van der Waals surface area contributed by atoms with Crippen LogP contribution in [0.3, 0.4) is 0 Å². The molecule has 0 amide bonds. The van der Waals surface area contributed by atoms with Crippen molar-refractivity contribution in [1.82, 2.24) is 4.57 Å². The molecule has 2 heteroatoms. The van der Waals surface area contributed by atoms with Gasteiger partial charge in [0, 0.05) is 11.4 Å². The zero-order valence-electron chi connectivity index (χ0n) is 10.2. The van der Waals surface area contributed by atoms with Gasteiger partial charge in [0.1, 0.15) is 5.75 Å². The Morgan fingerprint density at radius 1 is 0.875 bits per heavy atom. The minimum Gasteiger partial charge on any atom is -0.508 e. The second-order valence-corrected chi connectivity index (χ2v) is 4.38. The Kier molecular flexibility index (Phi) is 2.50. The lowest BCUT2D eigenvalue weighted by atomic mass is 10.1. The van der Waals surface area contributed by atoms with Crippen molar-refractivity contribution in [2.45, 2.75) is 27.7 Å². The van der Waals surface area contributed by atoms with Crippen LogP contribution in [0.15, 0.2) is 24.3 Å². The number of aryl methyl sites for hydroxylation is 4. The summed E-state index contributed by atoms with van der Waals surface area (Å²) in [5.41, 5.74) is 5.81. The van der Waals surface area contributed by atoms with Gasteiger partial charge in [-0.3, -0.25) is 0 Å². The van der Waals surface area contributed by atoms with Crippen molar-refractivity contribution in [3.8, 4) is 11.4 Å². The van der Waals surface area contributed by atoms with Crippen LogP contribution < -0.4 is 0 Å². The molecular weight excluding hydrogens is 198 g/mol. The molecule has 0 aliphatic heterocycles. The first kappa shape index (κ1) is 10.8. The van der Waals surface area contributed by atoms with Gasteiger partial charge in [-0.2, -0.15) is 0 Å². The smallest absolute Gasteiger partial charge is 0.116 e. The molecule has 2 nitrogen and oxygen atoms in total. The van der Waals surface area contributed by atoms with Gasteiger partial charge < -0.3 is 9.67 Å². The van der Waals surface area contributed by atoms with Crippen LogP contribution in [-0.4, -0.2) is 9.67 Å². The number of nitrogens with zero attached hydrogens (tertiary/aromatic N) is 1. The highest BCUT2D eigenvalue weighted by atomic mass is 16.3. The Bertz CT molecular complexity index is 495. The molecule has 0 aliphatic rings. The molecule has 0 unspecified atom stereocenters. The number of hydrogen-bond donors (Lipinski definition) is 1. The molecule has 0 fully saturated rings. The van der Waals surface area contributed by atoms with Crippen molar-refractivity contribution in [2.75, 3.05) is 0 Å². The summed E-state index contributed by atoms with van der Waals surface area (Å²) < 4.78 is 2.23. The minimum atomic E-state index is 0.334. The third kappa shape index (κ3) is 1.60. The molecule has 0 bridgehead atoms. The van der Waals surface area contributed by atoms with E-state index in [4.69, 9.17) is 0 Å². The van der Waals surface area contributed by atoms with E-state index in [-0.39, 0.29) is 0 Å². The normalized spacial score (nSPS) is 10.8. The molecule has 0 radical (unpaired) electrons. The predicted molar refractivity (Wildman–Crippen MR) is 66.4 cm³/mol. The maximum absolute atomic E-state index is 9.55. The zero-order chi connectivity index (χ0) is 11.9. The van der Waals surface area contributed by atoms with E-state index in [0.29, 0.717) is 5.75 Å². The first-order valence-corrected chi connectivity index (χ1v) is 5.46. The van der Waals surface area contributed by atoms with Gasteiger partial charge in [-0.15, -0.1) is 0 Å². The lowest BCUT2D eigenvalue weighted by molar-refractivity contribution is 0.474. The van der Waals surface area contributed by atoms with Crippen LogP contribution in [-0.2, 0) is 0 Å². The largest absolute Gasteiger partial charge is 0.508 e. The number of aromatic nitrogens is 1. The van der Waals surface area contributed by atoms with Crippen LogP contribution in [0.4, 0.5) is 0 Å². The second-order valence-electron chi connectivity index (χ2n) is 4.38. The lowest BCUT2D eigenvalue weighted by Crippen LogP contribution is -2.03. The molecular formula is C14H17NO. The summed E-state index contributed by atoms with van der Waals surface area (Å²) in [4.78, 5) is 0. The highest BCUT2D eigenvalue weighted by Crippen LogP contribution is 2.27. The second kappa shape index (κ2) is 3.71. The van der Waals surface area contributed by atoms with E-state index in [9.17, 15) is 5.11 Å². The summed E-state index contributed by atoms with van der Waals surface area (Å²) in [7, 11) is 0. The average Bonchev–Trinajstić information content (AvgIpc) is 2.47. The van der Waals surface area contributed by atoms with E-state index in [0.717, 1.165) is 11.1 Å². The summed E-state index contributed by atoms with van der Waals surface area (Å²) in [5, 5.41) is 9.55. The van der Waals surface area contributed by atoms with Gasteiger partial charge in [-0.25, -0.2) is 0 Å². The quantitative estimate of drug-likeness (QED) is 0.774. The topological polar surface area (TPSA) is 25.2 Å². The number of hydrogen-bond acceptors (Lipinski definition) is 1. The van der Waals surface area contributed by atoms with E-state index in [1.165, 1.54) is 17.1 Å². The Balaban J connectivity index is 2.74. The van der Waals surface area contributed by atoms with Crippen LogP contribution in [0, 0.1) is 27.7 Å². The van der Waals surface area contributed by atoms with Crippen LogP contribution in [0.5, 0.6) is 5.75 Å². The van der Waals surface area contributed by atoms with Gasteiger partial charge in [0.25, 0.3) is 0 Å². The van der Waals surface area contributed by atoms with E-state index >= 15 is 0 Å². The SMILES string of the molecule is Cc1cc(O)cc(C)c1-n1c(C)ccc1C. The Hall–Kier alpha value is -1.70. The Labute approximate surface area is 96.2 Å². The molecule has 84 valence electrons. The molecule has 1 heterocycles. The van der Waals surface area contributed by atoms with Crippen molar-refractivity contribution in [1.29, 1.82) is 0 Å². The van der Waals surface area contributed by atoms with Crippen LogP contribution in [0.25, 0.3) is 5.69 Å². The molecule has 16 heavy (non-hydrogen) atoms. The molecule has 1 aromatic carbocycles. The van der Waals surface area contributed by atoms with Gasteiger partial charge in [-0.05, 0) is 63.1 Å². The van der Waals surface area contributed by atoms with Crippen molar-refractivity contribution >= 4 is 0 Å². The highest BCUT2D eigenvalue weighted by Gasteiger charge is 2.10. The summed E-state index contributed by atoms with van der Waals surface area (Å²) in [6.07, 6.45) is 0. The standard InChI is InChI=1S/C14H17NO/c1-9-7-13(16)8-10(2)14(9)15-11(3)5-6-12(15)4/h5-8,16H,1-4H3. The van der Waals surface area contributed by atoms with E-state index < -0.39 is 0 Å². The van der Waals surface area contributed by atoms with Crippen LogP contribution >= 0.6 is 0 Å². The number of benzene rings is 1. The van der Waals surface area contributed by atoms with Gasteiger partial charge in [0.15, 0.2) is 0 Å². The van der Waals surface area contributed by atoms with Crippen molar-refractivity contribution in [3.05, 3.63) is 46.8 Å². The summed E-state index contributed by atoms with van der Waals surface area (Å²) >= 11 is 0. The van der Waals surface area contributed by atoms with Gasteiger partial charge in [-0.1, -0.05) is 0 Å². The molecule has 2 rings (SSSR count). The van der Waals surface area contributed by atoms with E-state index in [2.05, 4.69) is 30.5 Å². The molecule has 1 aromatic heterocycles. The molecule has 0 saturated heterocycles. The molecule has 0 spiro atoms. The molecule has 0 aliphatic carbocycles. The van der Waals surface area contributed by atoms with Crippen LogP contribution in [0.2, 0.25) is 0 Å². The monoisotopic (exact) mass is 215 g/mol. The Morgan fingerprint density at radius 3 is 1.75 bits per heavy atom. The number of aromatic hydroxyl groups is 1. The van der Waals surface area contributed by atoms with Gasteiger partial charge >= 0.3 is 0 Å². The summed E-state index contributed by atoms with van der Waals surface area (Å²) in [6, 6.07) is 7.84. The van der Waals surface area contributed by atoms with E-state index in [1.807, 2.05) is 13.8 Å². The minimum absolute atomic E-state index is 0.334. The fourth-order valence-electron chi connectivity index (χ4n) is 2.31. The van der Waals surface area contributed by atoms with Crippen molar-refractivity contribution in [3.63, 3.8) is 0 Å². The fourth-order valence-corrected chi connectivity index (χ4v) is 2.31. The zero-order valence-corrected chi connectivity index (χ0v) is 10.2. The third-order valence-corrected chi connectivity index (χ3v) is 2.97.